The van der Waals surface area contributed by atoms with Gasteiger partial charge in [-0.25, -0.2) is 0 Å². The second kappa shape index (κ2) is 5.59. The van der Waals surface area contributed by atoms with E-state index in [1.807, 2.05) is 36.4 Å². The number of hydrogen-bond acceptors (Lipinski definition) is 5. The Morgan fingerprint density at radius 1 is 1.32 bits per heavy atom. The first-order chi connectivity index (χ1) is 11.9. The lowest BCUT2D eigenvalue weighted by Gasteiger charge is -2.23. The Morgan fingerprint density at radius 2 is 2.04 bits per heavy atom. The van der Waals surface area contributed by atoms with Crippen molar-refractivity contribution >= 4 is 17.6 Å². The third-order valence-electron chi connectivity index (χ3n) is 5.11. The molecule has 1 aromatic carbocycles. The van der Waals surface area contributed by atoms with E-state index >= 15 is 0 Å². The molecule has 6 heteroatoms. The van der Waals surface area contributed by atoms with E-state index in [4.69, 9.17) is 14.2 Å². The molecule has 0 radical (unpaired) electrons. The van der Waals surface area contributed by atoms with Gasteiger partial charge in [0.05, 0.1) is 31.8 Å². The molecule has 25 heavy (non-hydrogen) atoms. The minimum atomic E-state index is -0.734. The van der Waals surface area contributed by atoms with Crippen molar-refractivity contribution in [2.24, 2.45) is 11.8 Å². The van der Waals surface area contributed by atoms with Gasteiger partial charge in [0.15, 0.2) is 0 Å². The van der Waals surface area contributed by atoms with Crippen LogP contribution in [0.4, 0.5) is 5.69 Å². The lowest BCUT2D eigenvalue weighted by atomic mass is 9.77. The molecule has 0 saturated carbocycles. The number of rotatable bonds is 4. The molecule has 0 aliphatic carbocycles. The summed E-state index contributed by atoms with van der Waals surface area (Å²) < 4.78 is 16.6. The van der Waals surface area contributed by atoms with Crippen LogP contribution in [0.5, 0.6) is 5.75 Å². The number of anilines is 1. The van der Waals surface area contributed by atoms with E-state index in [1.54, 1.807) is 25.9 Å². The van der Waals surface area contributed by atoms with Crippen LogP contribution in [0.25, 0.3) is 0 Å². The quantitative estimate of drug-likeness (QED) is 0.617. The summed E-state index contributed by atoms with van der Waals surface area (Å²) in [6.07, 6.45) is 3.22. The minimum absolute atomic E-state index is 0.0947. The summed E-state index contributed by atoms with van der Waals surface area (Å²) in [7, 11) is 1.60. The van der Waals surface area contributed by atoms with Crippen molar-refractivity contribution in [1.82, 2.24) is 0 Å². The van der Waals surface area contributed by atoms with Gasteiger partial charge in [0.1, 0.15) is 17.3 Å². The standard InChI is InChI=1S/C19H21NO5/c1-11(2)24-18(22)15-14-8-9-19(25-14)10-20(17(21)16(15)19)12-4-6-13(23-3)7-5-12/h4-9,11,14-16H,10H2,1-3H3/t14-,15+,16-,19?/m1/s1. The zero-order chi connectivity index (χ0) is 17.8. The number of ether oxygens (including phenoxy) is 3. The van der Waals surface area contributed by atoms with Gasteiger partial charge in [0, 0.05) is 5.69 Å². The molecule has 3 aliphatic heterocycles. The van der Waals surface area contributed by atoms with Crippen LogP contribution in [0.15, 0.2) is 36.4 Å². The molecular weight excluding hydrogens is 322 g/mol. The van der Waals surface area contributed by atoms with Crippen LogP contribution >= 0.6 is 0 Å². The number of fused-ring (bicyclic) bond motifs is 1. The predicted molar refractivity (Wildman–Crippen MR) is 90.3 cm³/mol. The number of amides is 1. The van der Waals surface area contributed by atoms with E-state index in [-0.39, 0.29) is 24.1 Å². The molecule has 4 atom stereocenters. The number of nitrogens with zero attached hydrogens (tertiary/aromatic N) is 1. The van der Waals surface area contributed by atoms with E-state index in [9.17, 15) is 9.59 Å². The molecule has 4 rings (SSSR count). The Balaban J connectivity index is 1.64. The minimum Gasteiger partial charge on any atom is -0.497 e. The van der Waals surface area contributed by atoms with Gasteiger partial charge in [-0.05, 0) is 38.1 Å². The van der Waals surface area contributed by atoms with Crippen molar-refractivity contribution in [1.29, 1.82) is 0 Å². The number of esters is 1. The molecule has 2 saturated heterocycles. The van der Waals surface area contributed by atoms with Gasteiger partial charge in [-0.2, -0.15) is 0 Å². The molecule has 3 heterocycles. The first kappa shape index (κ1) is 16.1. The number of hydrogen-bond donors (Lipinski definition) is 0. The maximum absolute atomic E-state index is 13.1. The highest BCUT2D eigenvalue weighted by Gasteiger charge is 2.67. The summed E-state index contributed by atoms with van der Waals surface area (Å²) in [5.41, 5.74) is 0.0357. The van der Waals surface area contributed by atoms with E-state index in [1.165, 1.54) is 0 Å². The first-order valence-electron chi connectivity index (χ1n) is 8.48. The highest BCUT2D eigenvalue weighted by Crippen LogP contribution is 2.53. The molecule has 1 unspecified atom stereocenters. The van der Waals surface area contributed by atoms with Crippen molar-refractivity contribution < 1.29 is 23.8 Å². The average Bonchev–Trinajstić information content (AvgIpc) is 3.22. The number of benzene rings is 1. The maximum Gasteiger partial charge on any atom is 0.313 e. The molecule has 1 amide bonds. The number of carbonyl (C=O) groups is 2. The summed E-state index contributed by atoms with van der Waals surface area (Å²) in [6.45, 7) is 4.01. The summed E-state index contributed by atoms with van der Waals surface area (Å²) in [5, 5.41) is 0. The molecule has 1 aromatic rings. The SMILES string of the molecule is COc1ccc(N2CC34C=C[C@@H](O3)[C@H](C(=O)OC(C)C)[C@@H]4C2=O)cc1. The topological polar surface area (TPSA) is 65.1 Å². The van der Waals surface area contributed by atoms with Crippen molar-refractivity contribution in [2.75, 3.05) is 18.6 Å². The monoisotopic (exact) mass is 343 g/mol. The third-order valence-corrected chi connectivity index (χ3v) is 5.11. The van der Waals surface area contributed by atoms with Gasteiger partial charge in [-0.1, -0.05) is 12.2 Å². The second-order valence-corrected chi connectivity index (χ2v) is 7.01. The molecule has 132 valence electrons. The Bertz CT molecular complexity index is 741. The molecule has 0 aromatic heterocycles. The Hall–Kier alpha value is -2.34. The van der Waals surface area contributed by atoms with Crippen LogP contribution in [0.3, 0.4) is 0 Å². The fourth-order valence-electron chi connectivity index (χ4n) is 4.06. The Labute approximate surface area is 146 Å². The summed E-state index contributed by atoms with van der Waals surface area (Å²) in [4.78, 5) is 27.3. The average molecular weight is 343 g/mol. The molecule has 2 fully saturated rings. The Kier molecular flexibility index (Phi) is 3.61. The van der Waals surface area contributed by atoms with Gasteiger partial charge >= 0.3 is 5.97 Å². The fraction of sp³-hybridized carbons (Fsp3) is 0.474. The Morgan fingerprint density at radius 3 is 2.68 bits per heavy atom. The first-order valence-corrected chi connectivity index (χ1v) is 8.48. The van der Waals surface area contributed by atoms with E-state index < -0.39 is 17.4 Å². The fourth-order valence-corrected chi connectivity index (χ4v) is 4.06. The summed E-state index contributed by atoms with van der Waals surface area (Å²) in [5.74, 6) is -0.841. The van der Waals surface area contributed by atoms with Gasteiger partial charge < -0.3 is 19.1 Å². The van der Waals surface area contributed by atoms with Crippen LogP contribution in [0.2, 0.25) is 0 Å². The molecule has 3 aliphatic rings. The molecule has 2 bridgehead atoms. The van der Waals surface area contributed by atoms with Crippen LogP contribution in [-0.4, -0.2) is 43.3 Å². The summed E-state index contributed by atoms with van der Waals surface area (Å²) >= 11 is 0. The second-order valence-electron chi connectivity index (χ2n) is 7.01. The van der Waals surface area contributed by atoms with E-state index in [0.29, 0.717) is 6.54 Å². The van der Waals surface area contributed by atoms with Crippen LogP contribution in [0.1, 0.15) is 13.8 Å². The smallest absolute Gasteiger partial charge is 0.313 e. The van der Waals surface area contributed by atoms with Crippen molar-refractivity contribution in [3.8, 4) is 5.75 Å². The molecule has 0 N–H and O–H groups in total. The number of methoxy groups -OCH3 is 1. The zero-order valence-corrected chi connectivity index (χ0v) is 14.5. The lowest BCUT2D eigenvalue weighted by molar-refractivity contribution is -0.156. The van der Waals surface area contributed by atoms with Gasteiger partial charge in [0.2, 0.25) is 5.91 Å². The maximum atomic E-state index is 13.1. The van der Waals surface area contributed by atoms with Crippen LogP contribution < -0.4 is 9.64 Å². The summed E-state index contributed by atoms with van der Waals surface area (Å²) in [6, 6.07) is 7.30. The van der Waals surface area contributed by atoms with E-state index in [0.717, 1.165) is 11.4 Å². The van der Waals surface area contributed by atoms with Crippen molar-refractivity contribution in [2.45, 2.75) is 31.7 Å². The van der Waals surface area contributed by atoms with E-state index in [2.05, 4.69) is 0 Å². The lowest BCUT2D eigenvalue weighted by Crippen LogP contribution is -2.40. The largest absolute Gasteiger partial charge is 0.497 e. The highest BCUT2D eigenvalue weighted by molar-refractivity contribution is 6.02. The van der Waals surface area contributed by atoms with Gasteiger partial charge in [-0.15, -0.1) is 0 Å². The molecule has 6 nitrogen and oxygen atoms in total. The number of carbonyl (C=O) groups excluding carboxylic acids is 2. The normalized spacial score (nSPS) is 32.4. The van der Waals surface area contributed by atoms with Gasteiger partial charge in [0.25, 0.3) is 0 Å². The van der Waals surface area contributed by atoms with Crippen molar-refractivity contribution in [3.05, 3.63) is 36.4 Å². The van der Waals surface area contributed by atoms with Crippen molar-refractivity contribution in [3.63, 3.8) is 0 Å². The van der Waals surface area contributed by atoms with Gasteiger partial charge in [-0.3, -0.25) is 9.59 Å². The third kappa shape index (κ3) is 2.35. The zero-order valence-electron chi connectivity index (χ0n) is 14.5. The van der Waals surface area contributed by atoms with Crippen LogP contribution in [-0.2, 0) is 19.1 Å². The predicted octanol–water partition coefficient (Wildman–Crippen LogP) is 1.93. The molecule has 1 spiro atoms. The highest BCUT2D eigenvalue weighted by atomic mass is 16.6. The van der Waals surface area contributed by atoms with Crippen LogP contribution in [0, 0.1) is 11.8 Å². The molecular formula is C19H21NO5.